The first-order valence-corrected chi connectivity index (χ1v) is 5.15. The fourth-order valence-corrected chi connectivity index (χ4v) is 1.22. The second-order valence-electron chi connectivity index (χ2n) is 3.24. The van der Waals surface area contributed by atoms with E-state index < -0.39 is 0 Å². The van der Waals surface area contributed by atoms with Gasteiger partial charge in [-0.15, -0.1) is 6.58 Å². The van der Waals surface area contributed by atoms with Gasteiger partial charge in [-0.25, -0.2) is 0 Å². The van der Waals surface area contributed by atoms with Crippen LogP contribution in [0.4, 0.5) is 11.4 Å². The molecule has 0 aliphatic carbocycles. The number of benzene rings is 1. The van der Waals surface area contributed by atoms with Crippen molar-refractivity contribution < 1.29 is 4.74 Å². The van der Waals surface area contributed by atoms with Gasteiger partial charge in [-0.1, -0.05) is 19.1 Å². The molecule has 0 saturated carbocycles. The van der Waals surface area contributed by atoms with E-state index in [-0.39, 0.29) is 0 Å². The fourth-order valence-electron chi connectivity index (χ4n) is 1.22. The molecule has 1 aromatic rings. The van der Waals surface area contributed by atoms with E-state index in [1.54, 1.807) is 6.08 Å². The summed E-state index contributed by atoms with van der Waals surface area (Å²) in [6, 6.07) is 5.73. The third-order valence-corrected chi connectivity index (χ3v) is 1.96. The van der Waals surface area contributed by atoms with Crippen LogP contribution in [-0.2, 0) is 0 Å². The molecular weight excluding hydrogens is 188 g/mol. The van der Waals surface area contributed by atoms with Crippen molar-refractivity contribution in [1.29, 1.82) is 0 Å². The Kier molecular flexibility index (Phi) is 4.54. The van der Waals surface area contributed by atoms with Crippen molar-refractivity contribution in [2.45, 2.75) is 13.3 Å². The molecule has 0 aliphatic rings. The van der Waals surface area contributed by atoms with Gasteiger partial charge in [0, 0.05) is 6.54 Å². The smallest absolute Gasteiger partial charge is 0.144 e. The Hall–Kier alpha value is -1.64. The molecule has 0 spiro atoms. The van der Waals surface area contributed by atoms with Crippen LogP contribution in [0, 0.1) is 0 Å². The maximum Gasteiger partial charge on any atom is 0.144 e. The Bertz CT molecular complexity index is 323. The molecule has 0 unspecified atom stereocenters. The molecule has 3 heteroatoms. The van der Waals surface area contributed by atoms with E-state index in [4.69, 9.17) is 10.5 Å². The quantitative estimate of drug-likeness (QED) is 0.555. The number of anilines is 2. The van der Waals surface area contributed by atoms with E-state index >= 15 is 0 Å². The average molecular weight is 206 g/mol. The molecule has 0 saturated heterocycles. The minimum absolute atomic E-state index is 0.660. The maximum atomic E-state index is 5.94. The molecule has 0 fully saturated rings. The summed E-state index contributed by atoms with van der Waals surface area (Å²) in [6.45, 7) is 7.09. The second-order valence-corrected chi connectivity index (χ2v) is 3.24. The molecular formula is C12H18N2O. The van der Waals surface area contributed by atoms with Crippen molar-refractivity contribution >= 4 is 11.4 Å². The normalized spacial score (nSPS) is 9.67. The van der Waals surface area contributed by atoms with Gasteiger partial charge in [-0.2, -0.15) is 0 Å². The fraction of sp³-hybridized carbons (Fsp3) is 0.333. The molecule has 1 aromatic carbocycles. The molecule has 0 amide bonds. The van der Waals surface area contributed by atoms with Crippen molar-refractivity contribution in [1.82, 2.24) is 0 Å². The highest BCUT2D eigenvalue weighted by Crippen LogP contribution is 2.29. The van der Waals surface area contributed by atoms with Gasteiger partial charge in [0.15, 0.2) is 0 Å². The lowest BCUT2D eigenvalue weighted by Gasteiger charge is -2.12. The van der Waals surface area contributed by atoms with E-state index in [0.29, 0.717) is 18.8 Å². The zero-order valence-corrected chi connectivity index (χ0v) is 9.12. The number of rotatable bonds is 6. The maximum absolute atomic E-state index is 5.94. The van der Waals surface area contributed by atoms with E-state index in [0.717, 1.165) is 17.9 Å². The summed E-state index contributed by atoms with van der Waals surface area (Å²) >= 11 is 0. The average Bonchev–Trinajstić information content (AvgIpc) is 2.26. The van der Waals surface area contributed by atoms with Crippen LogP contribution < -0.4 is 15.8 Å². The van der Waals surface area contributed by atoms with Crippen LogP contribution in [0.25, 0.3) is 0 Å². The zero-order chi connectivity index (χ0) is 11.1. The molecule has 0 aliphatic heterocycles. The lowest BCUT2D eigenvalue weighted by atomic mass is 10.2. The first kappa shape index (κ1) is 11.4. The van der Waals surface area contributed by atoms with Crippen LogP contribution in [0.2, 0.25) is 0 Å². The monoisotopic (exact) mass is 206 g/mol. The molecule has 0 heterocycles. The van der Waals surface area contributed by atoms with Gasteiger partial charge in [0.2, 0.25) is 0 Å². The molecule has 1 rings (SSSR count). The number of hydrogen-bond donors (Lipinski definition) is 2. The van der Waals surface area contributed by atoms with Crippen molar-refractivity contribution in [3.05, 3.63) is 30.9 Å². The Morgan fingerprint density at radius 1 is 1.53 bits per heavy atom. The van der Waals surface area contributed by atoms with Crippen LogP contribution in [-0.4, -0.2) is 13.2 Å². The number of nitrogen functional groups attached to an aromatic ring is 1. The predicted octanol–water partition coefficient (Wildman–Crippen LogP) is 2.66. The van der Waals surface area contributed by atoms with Gasteiger partial charge >= 0.3 is 0 Å². The van der Waals surface area contributed by atoms with Crippen molar-refractivity contribution in [3.63, 3.8) is 0 Å². The minimum atomic E-state index is 0.660. The molecule has 0 atom stereocenters. The third kappa shape index (κ3) is 3.20. The zero-order valence-electron chi connectivity index (χ0n) is 9.12. The Morgan fingerprint density at radius 3 is 3.00 bits per heavy atom. The summed E-state index contributed by atoms with van der Waals surface area (Å²) in [5.74, 6) is 0.742. The van der Waals surface area contributed by atoms with Crippen LogP contribution in [0.5, 0.6) is 5.75 Å². The van der Waals surface area contributed by atoms with E-state index in [2.05, 4.69) is 18.8 Å². The summed E-state index contributed by atoms with van der Waals surface area (Å²) in [5, 5.41) is 3.16. The van der Waals surface area contributed by atoms with Crippen LogP contribution >= 0.6 is 0 Å². The van der Waals surface area contributed by atoms with Crippen LogP contribution in [0.15, 0.2) is 30.9 Å². The molecule has 0 bridgehead atoms. The molecule has 15 heavy (non-hydrogen) atoms. The highest BCUT2D eigenvalue weighted by molar-refractivity contribution is 5.73. The Balaban J connectivity index is 2.75. The predicted molar refractivity (Wildman–Crippen MR) is 65.3 cm³/mol. The lowest BCUT2D eigenvalue weighted by Crippen LogP contribution is -2.04. The standard InChI is InChI=1S/C12H18N2O/c1-3-8-14-10-6-5-7-11(12(10)13)15-9-4-2/h3,5-7,14H,1,4,8-9,13H2,2H3. The third-order valence-electron chi connectivity index (χ3n) is 1.96. The highest BCUT2D eigenvalue weighted by atomic mass is 16.5. The number of para-hydroxylation sites is 1. The van der Waals surface area contributed by atoms with Crippen molar-refractivity contribution in [2.24, 2.45) is 0 Å². The second kappa shape index (κ2) is 5.96. The van der Waals surface area contributed by atoms with Gasteiger partial charge in [-0.3, -0.25) is 0 Å². The topological polar surface area (TPSA) is 47.3 Å². The summed E-state index contributed by atoms with van der Waals surface area (Å²) in [4.78, 5) is 0. The summed E-state index contributed by atoms with van der Waals surface area (Å²) in [5.41, 5.74) is 7.50. The van der Waals surface area contributed by atoms with E-state index in [1.165, 1.54) is 0 Å². The highest BCUT2D eigenvalue weighted by Gasteiger charge is 2.04. The van der Waals surface area contributed by atoms with Crippen LogP contribution in [0.1, 0.15) is 13.3 Å². The number of nitrogens with one attached hydrogen (secondary N) is 1. The van der Waals surface area contributed by atoms with Crippen molar-refractivity contribution in [3.8, 4) is 5.75 Å². The number of ether oxygens (including phenoxy) is 1. The van der Waals surface area contributed by atoms with Crippen molar-refractivity contribution in [2.75, 3.05) is 24.2 Å². The van der Waals surface area contributed by atoms with E-state index in [1.807, 2.05) is 18.2 Å². The number of nitrogens with two attached hydrogens (primary N) is 1. The van der Waals surface area contributed by atoms with Gasteiger partial charge in [0.25, 0.3) is 0 Å². The summed E-state index contributed by atoms with van der Waals surface area (Å²) in [7, 11) is 0. The summed E-state index contributed by atoms with van der Waals surface area (Å²) in [6.07, 6.45) is 2.77. The molecule has 82 valence electrons. The first-order valence-electron chi connectivity index (χ1n) is 5.15. The largest absolute Gasteiger partial charge is 0.491 e. The molecule has 0 radical (unpaired) electrons. The number of hydrogen-bond acceptors (Lipinski definition) is 3. The summed E-state index contributed by atoms with van der Waals surface area (Å²) < 4.78 is 5.52. The Labute approximate surface area is 90.9 Å². The molecule has 0 aromatic heterocycles. The van der Waals surface area contributed by atoms with Gasteiger partial charge in [-0.05, 0) is 18.6 Å². The van der Waals surface area contributed by atoms with Gasteiger partial charge in [0.05, 0.1) is 18.0 Å². The van der Waals surface area contributed by atoms with Gasteiger partial charge in [0.1, 0.15) is 5.75 Å². The van der Waals surface area contributed by atoms with E-state index in [9.17, 15) is 0 Å². The van der Waals surface area contributed by atoms with Gasteiger partial charge < -0.3 is 15.8 Å². The SMILES string of the molecule is C=CCNc1cccc(OCCC)c1N. The molecule has 3 nitrogen and oxygen atoms in total. The van der Waals surface area contributed by atoms with Crippen LogP contribution in [0.3, 0.4) is 0 Å². The molecule has 3 N–H and O–H groups in total. The lowest BCUT2D eigenvalue weighted by molar-refractivity contribution is 0.319. The minimum Gasteiger partial charge on any atom is -0.491 e. The first-order chi connectivity index (χ1) is 7.29. The Morgan fingerprint density at radius 2 is 2.33 bits per heavy atom.